The fourth-order valence-corrected chi connectivity index (χ4v) is 3.73. The van der Waals surface area contributed by atoms with Crippen molar-refractivity contribution in [2.24, 2.45) is 5.73 Å². The van der Waals surface area contributed by atoms with Crippen LogP contribution < -0.4 is 15.8 Å². The van der Waals surface area contributed by atoms with Crippen molar-refractivity contribution in [2.45, 2.75) is 45.8 Å². The number of rotatable bonds is 5. The van der Waals surface area contributed by atoms with Crippen LogP contribution in [0.5, 0.6) is 5.75 Å². The predicted molar refractivity (Wildman–Crippen MR) is 120 cm³/mol. The molecule has 2 aromatic carbocycles. The van der Waals surface area contributed by atoms with Gasteiger partial charge < -0.3 is 15.8 Å². The van der Waals surface area contributed by atoms with Crippen molar-refractivity contribution in [1.29, 1.82) is 0 Å². The normalized spacial score (nSPS) is 15.9. The van der Waals surface area contributed by atoms with Gasteiger partial charge in [0, 0.05) is 5.70 Å². The van der Waals surface area contributed by atoms with Crippen molar-refractivity contribution in [1.82, 2.24) is 14.8 Å². The van der Waals surface area contributed by atoms with Gasteiger partial charge in [-0.2, -0.15) is 10.1 Å². The Morgan fingerprint density at radius 3 is 2.42 bits per heavy atom. The molecule has 1 aliphatic heterocycles. The minimum absolute atomic E-state index is 0.129. The molecule has 1 unspecified atom stereocenters. The van der Waals surface area contributed by atoms with Gasteiger partial charge in [-0.15, -0.1) is 0 Å². The van der Waals surface area contributed by atoms with Crippen molar-refractivity contribution >= 4 is 11.9 Å². The van der Waals surface area contributed by atoms with Gasteiger partial charge in [-0.1, -0.05) is 57.2 Å². The molecule has 0 spiro atoms. The number of nitrogens with two attached hydrogens (primary N) is 1. The molecule has 1 atom stereocenters. The highest BCUT2D eigenvalue weighted by atomic mass is 16.5. The summed E-state index contributed by atoms with van der Waals surface area (Å²) >= 11 is 0. The first kappa shape index (κ1) is 20.7. The Morgan fingerprint density at radius 2 is 1.81 bits per heavy atom. The SMILES string of the molecule is CC1=C(C(N)=O)C(c2ccc(OCc3ccc(C(C)(C)C)cc3)cc2)n2ncnc2N1. The highest BCUT2D eigenvalue weighted by Crippen LogP contribution is 2.34. The molecule has 0 radical (unpaired) electrons. The van der Waals surface area contributed by atoms with Crippen LogP contribution in [0.15, 0.2) is 66.1 Å². The van der Waals surface area contributed by atoms with Crippen LogP contribution in [0, 0.1) is 0 Å². The summed E-state index contributed by atoms with van der Waals surface area (Å²) in [5, 5.41) is 7.35. The zero-order chi connectivity index (χ0) is 22.2. The van der Waals surface area contributed by atoms with E-state index < -0.39 is 11.9 Å². The highest BCUT2D eigenvalue weighted by Gasteiger charge is 2.32. The van der Waals surface area contributed by atoms with E-state index in [9.17, 15) is 4.79 Å². The number of amides is 1. The molecule has 0 bridgehead atoms. The number of nitrogens with zero attached hydrogens (tertiary/aromatic N) is 3. The minimum Gasteiger partial charge on any atom is -0.489 e. The van der Waals surface area contributed by atoms with Crippen LogP contribution in [-0.2, 0) is 16.8 Å². The molecule has 1 aliphatic rings. The Hall–Kier alpha value is -3.61. The van der Waals surface area contributed by atoms with Crippen molar-refractivity contribution in [2.75, 3.05) is 5.32 Å². The number of nitrogens with one attached hydrogen (secondary N) is 1. The van der Waals surface area contributed by atoms with Gasteiger partial charge >= 0.3 is 0 Å². The average Bonchev–Trinajstić information content (AvgIpc) is 3.19. The van der Waals surface area contributed by atoms with Gasteiger partial charge in [0.2, 0.25) is 11.9 Å². The van der Waals surface area contributed by atoms with Gasteiger partial charge in [-0.05, 0) is 41.2 Å². The molecule has 31 heavy (non-hydrogen) atoms. The van der Waals surface area contributed by atoms with Gasteiger partial charge in [0.15, 0.2) is 0 Å². The predicted octanol–water partition coefficient (Wildman–Crippen LogP) is 3.93. The molecule has 0 fully saturated rings. The van der Waals surface area contributed by atoms with Crippen molar-refractivity contribution in [3.05, 3.63) is 82.8 Å². The minimum atomic E-state index is -0.491. The topological polar surface area (TPSA) is 95.1 Å². The number of carbonyl (C=O) groups excluding carboxylic acids is 1. The average molecular weight is 418 g/mol. The van der Waals surface area contributed by atoms with Gasteiger partial charge in [0.05, 0.1) is 5.57 Å². The second-order valence-corrected chi connectivity index (χ2v) is 8.76. The van der Waals surface area contributed by atoms with Gasteiger partial charge in [-0.3, -0.25) is 4.79 Å². The molecule has 3 aromatic rings. The maximum atomic E-state index is 12.1. The Labute approximate surface area is 181 Å². The zero-order valence-electron chi connectivity index (χ0n) is 18.2. The lowest BCUT2D eigenvalue weighted by Crippen LogP contribution is -2.31. The summed E-state index contributed by atoms with van der Waals surface area (Å²) in [5.41, 5.74) is 10.2. The van der Waals surface area contributed by atoms with E-state index in [0.717, 1.165) is 16.9 Å². The molecule has 0 saturated carbocycles. The number of aromatic nitrogens is 3. The number of fused-ring (bicyclic) bond motifs is 1. The first-order chi connectivity index (χ1) is 14.7. The van der Waals surface area contributed by atoms with E-state index >= 15 is 0 Å². The van der Waals surface area contributed by atoms with Gasteiger partial charge in [-0.25, -0.2) is 4.68 Å². The molecular weight excluding hydrogens is 390 g/mol. The molecule has 0 aliphatic carbocycles. The Kier molecular flexibility index (Phi) is 5.27. The Morgan fingerprint density at radius 1 is 1.13 bits per heavy atom. The van der Waals surface area contributed by atoms with Crippen LogP contribution in [0.2, 0.25) is 0 Å². The third-order valence-corrected chi connectivity index (χ3v) is 5.48. The second kappa shape index (κ2) is 7.91. The third-order valence-electron chi connectivity index (χ3n) is 5.48. The smallest absolute Gasteiger partial charge is 0.248 e. The van der Waals surface area contributed by atoms with Crippen molar-refractivity contribution in [3.63, 3.8) is 0 Å². The lowest BCUT2D eigenvalue weighted by molar-refractivity contribution is -0.115. The number of primary amides is 1. The van der Waals surface area contributed by atoms with E-state index in [2.05, 4.69) is 60.4 Å². The van der Waals surface area contributed by atoms with E-state index in [1.165, 1.54) is 11.9 Å². The lowest BCUT2D eigenvalue weighted by Gasteiger charge is -2.27. The monoisotopic (exact) mass is 417 g/mol. The largest absolute Gasteiger partial charge is 0.489 e. The molecule has 7 heteroatoms. The van der Waals surface area contributed by atoms with Crippen LogP contribution in [0.4, 0.5) is 5.95 Å². The van der Waals surface area contributed by atoms with E-state index in [0.29, 0.717) is 23.8 Å². The first-order valence-corrected chi connectivity index (χ1v) is 10.2. The summed E-state index contributed by atoms with van der Waals surface area (Å²) in [4.78, 5) is 16.3. The fourth-order valence-electron chi connectivity index (χ4n) is 3.73. The number of allylic oxidation sites excluding steroid dienone is 1. The fraction of sp³-hybridized carbons (Fsp3) is 0.292. The molecule has 7 nitrogen and oxygen atoms in total. The first-order valence-electron chi connectivity index (χ1n) is 10.2. The Bertz CT molecular complexity index is 1120. The van der Waals surface area contributed by atoms with Crippen molar-refractivity contribution < 1.29 is 9.53 Å². The summed E-state index contributed by atoms with van der Waals surface area (Å²) in [6, 6.07) is 15.7. The van der Waals surface area contributed by atoms with Crippen LogP contribution in [0.25, 0.3) is 0 Å². The molecule has 4 rings (SSSR count). The third kappa shape index (κ3) is 4.17. The summed E-state index contributed by atoms with van der Waals surface area (Å²) in [6.45, 7) is 8.89. The van der Waals surface area contributed by atoms with Crippen LogP contribution in [0.3, 0.4) is 0 Å². The number of carbonyl (C=O) groups is 1. The standard InChI is InChI=1S/C24H27N5O2/c1-15-20(22(25)30)21(29-23(28-15)26-14-27-29)17-7-11-19(12-8-17)31-13-16-5-9-18(10-6-16)24(2,3)4/h5-12,14,21H,13H2,1-4H3,(H2,25,30)(H,26,27,28). The summed E-state index contributed by atoms with van der Waals surface area (Å²) in [7, 11) is 0. The quantitative estimate of drug-likeness (QED) is 0.656. The van der Waals surface area contributed by atoms with Gasteiger partial charge in [0.1, 0.15) is 24.7 Å². The maximum absolute atomic E-state index is 12.1. The summed E-state index contributed by atoms with van der Waals surface area (Å²) in [5.74, 6) is 0.833. The molecule has 1 aromatic heterocycles. The van der Waals surface area contributed by atoms with E-state index in [-0.39, 0.29) is 5.41 Å². The molecule has 1 amide bonds. The van der Waals surface area contributed by atoms with Crippen LogP contribution >= 0.6 is 0 Å². The Balaban J connectivity index is 1.51. The molecular formula is C24H27N5O2. The van der Waals surface area contributed by atoms with Gasteiger partial charge in [0.25, 0.3) is 0 Å². The van der Waals surface area contributed by atoms with Crippen molar-refractivity contribution in [3.8, 4) is 5.75 Å². The number of benzene rings is 2. The second-order valence-electron chi connectivity index (χ2n) is 8.76. The summed E-state index contributed by atoms with van der Waals surface area (Å²) < 4.78 is 7.63. The molecule has 0 saturated heterocycles. The summed E-state index contributed by atoms with van der Waals surface area (Å²) in [6.07, 6.45) is 1.45. The van der Waals surface area contributed by atoms with E-state index in [4.69, 9.17) is 10.5 Å². The highest BCUT2D eigenvalue weighted by molar-refractivity contribution is 5.95. The van der Waals surface area contributed by atoms with Crippen LogP contribution in [-0.4, -0.2) is 20.7 Å². The lowest BCUT2D eigenvalue weighted by atomic mass is 9.87. The number of anilines is 1. The molecule has 2 heterocycles. The molecule has 160 valence electrons. The zero-order valence-corrected chi connectivity index (χ0v) is 18.2. The number of ether oxygens (including phenoxy) is 1. The van der Waals surface area contributed by atoms with E-state index in [1.807, 2.05) is 31.2 Å². The van der Waals surface area contributed by atoms with E-state index in [1.54, 1.807) is 4.68 Å². The maximum Gasteiger partial charge on any atom is 0.248 e. The number of hydrogen-bond acceptors (Lipinski definition) is 5. The number of hydrogen-bond donors (Lipinski definition) is 2. The molecule has 3 N–H and O–H groups in total. The van der Waals surface area contributed by atoms with Crippen LogP contribution in [0.1, 0.15) is 50.4 Å².